The second-order valence-electron chi connectivity index (χ2n) is 8.15. The lowest BCUT2D eigenvalue weighted by atomic mass is 9.92. The number of hydrogen-bond acceptors (Lipinski definition) is 3. The lowest BCUT2D eigenvalue weighted by molar-refractivity contribution is 0.0893. The molecule has 0 bridgehead atoms. The van der Waals surface area contributed by atoms with Crippen LogP contribution in [-0.2, 0) is 0 Å². The van der Waals surface area contributed by atoms with Crippen LogP contribution in [0.2, 0.25) is 0 Å². The van der Waals surface area contributed by atoms with Gasteiger partial charge in [-0.2, -0.15) is 0 Å². The number of anilines is 4. The quantitative estimate of drug-likeness (QED) is 0.280. The van der Waals surface area contributed by atoms with Crippen LogP contribution in [0.3, 0.4) is 0 Å². The normalized spacial score (nSPS) is 12.8. The summed E-state index contributed by atoms with van der Waals surface area (Å²) in [5.74, 6) is -0.616. The summed E-state index contributed by atoms with van der Waals surface area (Å²) in [4.78, 5) is 30.5. The Kier molecular flexibility index (Phi) is 4.70. The number of nitrogens with zero attached hydrogens (tertiary/aromatic N) is 2. The SMILES string of the molecule is O=C1c2cccc3c(N(c4ccccc4)c4ccccc4)ccc(c23)C(=O)N1c1ccccc1. The minimum atomic E-state index is -0.308. The summed E-state index contributed by atoms with van der Waals surface area (Å²) in [7, 11) is 0. The van der Waals surface area contributed by atoms with Crippen LogP contribution in [0.15, 0.2) is 121 Å². The first-order valence-electron chi connectivity index (χ1n) is 11.1. The fourth-order valence-corrected chi connectivity index (χ4v) is 4.67. The Hall–Kier alpha value is -4.70. The zero-order valence-corrected chi connectivity index (χ0v) is 18.3. The van der Waals surface area contributed by atoms with E-state index in [1.807, 2.05) is 78.9 Å². The smallest absolute Gasteiger partial charge is 0.265 e. The number of imide groups is 1. The Labute approximate surface area is 197 Å². The maximum atomic E-state index is 13.5. The van der Waals surface area contributed by atoms with Crippen molar-refractivity contribution in [1.82, 2.24) is 0 Å². The molecule has 1 aliphatic heterocycles. The lowest BCUT2D eigenvalue weighted by Crippen LogP contribution is -2.40. The van der Waals surface area contributed by atoms with Crippen molar-refractivity contribution < 1.29 is 9.59 Å². The number of amides is 2. The van der Waals surface area contributed by atoms with Gasteiger partial charge in [-0.15, -0.1) is 0 Å². The molecule has 1 aliphatic rings. The first-order valence-corrected chi connectivity index (χ1v) is 11.1. The van der Waals surface area contributed by atoms with Gasteiger partial charge in [0.2, 0.25) is 0 Å². The minimum Gasteiger partial charge on any atom is -0.310 e. The topological polar surface area (TPSA) is 40.6 Å². The Balaban J connectivity index is 1.59. The monoisotopic (exact) mass is 440 g/mol. The highest BCUT2D eigenvalue weighted by molar-refractivity contribution is 6.36. The van der Waals surface area contributed by atoms with E-state index >= 15 is 0 Å². The fourth-order valence-electron chi connectivity index (χ4n) is 4.67. The molecule has 0 radical (unpaired) electrons. The molecule has 0 spiro atoms. The Morgan fingerprint density at radius 1 is 0.500 bits per heavy atom. The molecule has 162 valence electrons. The molecule has 0 fully saturated rings. The maximum absolute atomic E-state index is 13.5. The van der Waals surface area contributed by atoms with Gasteiger partial charge in [-0.3, -0.25) is 9.59 Å². The molecule has 0 aromatic heterocycles. The van der Waals surface area contributed by atoms with Crippen molar-refractivity contribution in [3.63, 3.8) is 0 Å². The lowest BCUT2D eigenvalue weighted by Gasteiger charge is -2.31. The van der Waals surface area contributed by atoms with E-state index in [-0.39, 0.29) is 11.8 Å². The highest BCUT2D eigenvalue weighted by Crippen LogP contribution is 2.42. The van der Waals surface area contributed by atoms with Crippen LogP contribution in [0.25, 0.3) is 10.8 Å². The molecular formula is C30H20N2O2. The van der Waals surface area contributed by atoms with Crippen molar-refractivity contribution in [3.8, 4) is 0 Å². The van der Waals surface area contributed by atoms with Crippen molar-refractivity contribution in [2.45, 2.75) is 0 Å². The molecule has 2 amide bonds. The predicted molar refractivity (Wildman–Crippen MR) is 136 cm³/mol. The van der Waals surface area contributed by atoms with Crippen LogP contribution in [0.5, 0.6) is 0 Å². The zero-order chi connectivity index (χ0) is 23.1. The van der Waals surface area contributed by atoms with Gasteiger partial charge in [0.15, 0.2) is 0 Å². The first-order chi connectivity index (χ1) is 16.7. The molecule has 5 aromatic carbocycles. The van der Waals surface area contributed by atoms with Crippen molar-refractivity contribution in [2.24, 2.45) is 0 Å². The molecule has 0 N–H and O–H groups in total. The summed E-state index contributed by atoms with van der Waals surface area (Å²) < 4.78 is 0. The second kappa shape index (κ2) is 8.01. The molecule has 5 aromatic rings. The van der Waals surface area contributed by atoms with E-state index in [1.165, 1.54) is 4.90 Å². The highest BCUT2D eigenvalue weighted by atomic mass is 16.2. The van der Waals surface area contributed by atoms with Crippen LogP contribution >= 0.6 is 0 Å². The van der Waals surface area contributed by atoms with Crippen LogP contribution in [-0.4, -0.2) is 11.8 Å². The average molecular weight is 441 g/mol. The van der Waals surface area contributed by atoms with Gasteiger partial charge in [0.1, 0.15) is 0 Å². The van der Waals surface area contributed by atoms with Gasteiger partial charge in [-0.25, -0.2) is 4.90 Å². The second-order valence-corrected chi connectivity index (χ2v) is 8.15. The van der Waals surface area contributed by atoms with E-state index in [0.717, 1.165) is 22.4 Å². The predicted octanol–water partition coefficient (Wildman–Crippen LogP) is 7.11. The standard InChI is InChI=1S/C30H20N2O2/c33-29-25-18-10-17-24-27(31(21-11-4-1-5-12-21)22-13-6-2-7-14-22)20-19-26(28(24)25)30(34)32(29)23-15-8-3-9-16-23/h1-20H. The number of carbonyl (C=O) groups is 2. The molecule has 4 nitrogen and oxygen atoms in total. The summed E-state index contributed by atoms with van der Waals surface area (Å²) in [6, 6.07) is 38.7. The Morgan fingerprint density at radius 2 is 1.03 bits per heavy atom. The average Bonchev–Trinajstić information content (AvgIpc) is 2.90. The number of rotatable bonds is 4. The summed E-state index contributed by atoms with van der Waals surface area (Å²) in [6.07, 6.45) is 0. The molecule has 0 unspecified atom stereocenters. The largest absolute Gasteiger partial charge is 0.310 e. The summed E-state index contributed by atoms with van der Waals surface area (Å²) in [5, 5.41) is 1.55. The molecule has 0 saturated heterocycles. The third kappa shape index (κ3) is 3.08. The van der Waals surface area contributed by atoms with Crippen molar-refractivity contribution in [1.29, 1.82) is 0 Å². The Morgan fingerprint density at radius 3 is 1.62 bits per heavy atom. The van der Waals surface area contributed by atoms with Gasteiger partial charge in [0.25, 0.3) is 11.8 Å². The summed E-state index contributed by atoms with van der Waals surface area (Å²) >= 11 is 0. The third-order valence-electron chi connectivity index (χ3n) is 6.17. The number of carbonyl (C=O) groups excluding carboxylic acids is 2. The highest BCUT2D eigenvalue weighted by Gasteiger charge is 2.34. The van der Waals surface area contributed by atoms with Gasteiger partial charge in [0, 0.05) is 33.3 Å². The molecular weight excluding hydrogens is 420 g/mol. The van der Waals surface area contributed by atoms with Crippen molar-refractivity contribution in [3.05, 3.63) is 132 Å². The number of hydrogen-bond donors (Lipinski definition) is 0. The van der Waals surface area contributed by atoms with Gasteiger partial charge in [-0.1, -0.05) is 66.7 Å². The fraction of sp³-hybridized carbons (Fsp3) is 0. The van der Waals surface area contributed by atoms with E-state index in [0.29, 0.717) is 22.2 Å². The summed E-state index contributed by atoms with van der Waals surface area (Å²) in [5.41, 5.74) is 4.52. The molecule has 0 atom stereocenters. The van der Waals surface area contributed by atoms with Crippen molar-refractivity contribution >= 4 is 45.3 Å². The summed E-state index contributed by atoms with van der Waals surface area (Å²) in [6.45, 7) is 0. The van der Waals surface area contributed by atoms with Crippen LogP contribution in [0.1, 0.15) is 20.7 Å². The van der Waals surface area contributed by atoms with Crippen molar-refractivity contribution in [2.75, 3.05) is 9.80 Å². The number of benzene rings is 5. The molecule has 34 heavy (non-hydrogen) atoms. The van der Waals surface area contributed by atoms with E-state index < -0.39 is 0 Å². The van der Waals surface area contributed by atoms with E-state index in [4.69, 9.17) is 0 Å². The molecule has 6 rings (SSSR count). The maximum Gasteiger partial charge on any atom is 0.265 e. The van der Waals surface area contributed by atoms with E-state index in [9.17, 15) is 9.59 Å². The number of para-hydroxylation sites is 3. The van der Waals surface area contributed by atoms with Crippen LogP contribution < -0.4 is 9.80 Å². The zero-order valence-electron chi connectivity index (χ0n) is 18.3. The van der Waals surface area contributed by atoms with E-state index in [2.05, 4.69) is 29.2 Å². The molecule has 1 heterocycles. The molecule has 4 heteroatoms. The third-order valence-corrected chi connectivity index (χ3v) is 6.17. The molecule has 0 aliphatic carbocycles. The van der Waals surface area contributed by atoms with Gasteiger partial charge in [0.05, 0.1) is 11.4 Å². The minimum absolute atomic E-state index is 0.308. The van der Waals surface area contributed by atoms with Crippen LogP contribution in [0.4, 0.5) is 22.7 Å². The molecule has 0 saturated carbocycles. The van der Waals surface area contributed by atoms with E-state index in [1.54, 1.807) is 18.2 Å². The van der Waals surface area contributed by atoms with Gasteiger partial charge < -0.3 is 4.90 Å². The van der Waals surface area contributed by atoms with Gasteiger partial charge in [-0.05, 0) is 54.6 Å². The van der Waals surface area contributed by atoms with Gasteiger partial charge >= 0.3 is 0 Å². The Bertz CT molecular complexity index is 1470. The van der Waals surface area contributed by atoms with Crippen LogP contribution in [0, 0.1) is 0 Å². The first kappa shape index (κ1) is 19.9.